The molecule has 0 amide bonds. The van der Waals surface area contributed by atoms with Gasteiger partial charge in [0.25, 0.3) is 0 Å². The largest absolute Gasteiger partial charge is 0.370 e. The number of rotatable bonds is 5. The smallest absolute Gasteiger partial charge is 0.240 e. The van der Waals surface area contributed by atoms with Crippen molar-refractivity contribution in [3.63, 3.8) is 0 Å². The van der Waals surface area contributed by atoms with Gasteiger partial charge >= 0.3 is 0 Å². The summed E-state index contributed by atoms with van der Waals surface area (Å²) in [6.07, 6.45) is 1.82. The van der Waals surface area contributed by atoms with Gasteiger partial charge in [0.2, 0.25) is 10.0 Å². The van der Waals surface area contributed by atoms with Crippen molar-refractivity contribution in [3.8, 4) is 0 Å². The van der Waals surface area contributed by atoms with Crippen molar-refractivity contribution in [1.82, 2.24) is 4.72 Å². The zero-order valence-corrected chi connectivity index (χ0v) is 13.6. The van der Waals surface area contributed by atoms with E-state index in [0.29, 0.717) is 17.4 Å². The molecule has 0 spiro atoms. The third-order valence-corrected chi connectivity index (χ3v) is 5.22. The molecule has 21 heavy (non-hydrogen) atoms. The summed E-state index contributed by atoms with van der Waals surface area (Å²) >= 11 is 0. The van der Waals surface area contributed by atoms with Gasteiger partial charge in [-0.3, -0.25) is 0 Å². The molecule has 0 radical (unpaired) electrons. The zero-order chi connectivity index (χ0) is 15.5. The van der Waals surface area contributed by atoms with E-state index in [2.05, 4.69) is 16.5 Å². The fraction of sp³-hybridized carbons (Fsp3) is 0.600. The van der Waals surface area contributed by atoms with E-state index in [-0.39, 0.29) is 6.04 Å². The van der Waals surface area contributed by atoms with E-state index in [9.17, 15) is 8.42 Å². The van der Waals surface area contributed by atoms with Crippen LogP contribution in [0, 0.1) is 5.92 Å². The Labute approximate surface area is 127 Å². The quantitative estimate of drug-likeness (QED) is 0.865. The molecule has 118 valence electrons. The number of benzene rings is 1. The van der Waals surface area contributed by atoms with E-state index in [0.717, 1.165) is 31.6 Å². The van der Waals surface area contributed by atoms with Crippen LogP contribution in [0.4, 0.5) is 5.69 Å². The Bertz CT molecular complexity index is 547. The van der Waals surface area contributed by atoms with Gasteiger partial charge in [-0.05, 0) is 43.0 Å². The molecule has 2 atom stereocenters. The van der Waals surface area contributed by atoms with Crippen molar-refractivity contribution >= 4 is 15.7 Å². The van der Waals surface area contributed by atoms with Crippen LogP contribution >= 0.6 is 0 Å². The molecular weight excluding hydrogens is 286 g/mol. The van der Waals surface area contributed by atoms with E-state index < -0.39 is 10.0 Å². The van der Waals surface area contributed by atoms with Crippen LogP contribution in [-0.2, 0) is 10.0 Å². The SMILES string of the molecule is CCCNS(=O)(=O)c1ccc(N2CC(C)CC(N)C2)cc1. The van der Waals surface area contributed by atoms with Gasteiger partial charge in [0, 0.05) is 31.4 Å². The molecule has 1 aliphatic heterocycles. The predicted molar refractivity (Wildman–Crippen MR) is 85.9 cm³/mol. The summed E-state index contributed by atoms with van der Waals surface area (Å²) in [6, 6.07) is 7.25. The first-order valence-electron chi connectivity index (χ1n) is 7.52. The summed E-state index contributed by atoms with van der Waals surface area (Å²) in [6.45, 7) is 6.38. The maximum atomic E-state index is 12.0. The lowest BCUT2D eigenvalue weighted by molar-refractivity contribution is 0.401. The summed E-state index contributed by atoms with van der Waals surface area (Å²) in [5.41, 5.74) is 7.09. The molecule has 3 N–H and O–H groups in total. The second-order valence-electron chi connectivity index (χ2n) is 5.90. The van der Waals surface area contributed by atoms with Gasteiger partial charge in [0.15, 0.2) is 0 Å². The van der Waals surface area contributed by atoms with Crippen molar-refractivity contribution in [3.05, 3.63) is 24.3 Å². The van der Waals surface area contributed by atoms with Gasteiger partial charge in [-0.15, -0.1) is 0 Å². The lowest BCUT2D eigenvalue weighted by atomic mass is 9.96. The second-order valence-corrected chi connectivity index (χ2v) is 7.66. The first-order valence-corrected chi connectivity index (χ1v) is 9.01. The molecule has 0 aromatic heterocycles. The summed E-state index contributed by atoms with van der Waals surface area (Å²) in [7, 11) is -3.38. The van der Waals surface area contributed by atoms with E-state index >= 15 is 0 Å². The van der Waals surface area contributed by atoms with E-state index in [4.69, 9.17) is 5.73 Å². The maximum Gasteiger partial charge on any atom is 0.240 e. The Morgan fingerprint density at radius 3 is 2.52 bits per heavy atom. The normalized spacial score (nSPS) is 23.3. The lowest BCUT2D eigenvalue weighted by Gasteiger charge is -2.36. The molecule has 1 aromatic carbocycles. The highest BCUT2D eigenvalue weighted by Gasteiger charge is 2.22. The van der Waals surface area contributed by atoms with Crippen LogP contribution in [-0.4, -0.2) is 34.1 Å². The minimum absolute atomic E-state index is 0.184. The molecule has 1 aliphatic rings. The Morgan fingerprint density at radius 2 is 1.95 bits per heavy atom. The summed E-state index contributed by atoms with van der Waals surface area (Å²) in [5, 5.41) is 0. The van der Waals surface area contributed by atoms with Crippen LogP contribution in [0.25, 0.3) is 0 Å². The molecule has 1 aromatic rings. The Hall–Kier alpha value is -1.11. The van der Waals surface area contributed by atoms with Gasteiger partial charge in [-0.2, -0.15) is 0 Å². The Kier molecular flexibility index (Phi) is 5.24. The average Bonchev–Trinajstić information content (AvgIpc) is 2.44. The summed E-state index contributed by atoms with van der Waals surface area (Å²) in [5.74, 6) is 0.559. The molecule has 0 bridgehead atoms. The number of nitrogens with zero attached hydrogens (tertiary/aromatic N) is 1. The molecule has 6 heteroatoms. The van der Waals surface area contributed by atoms with Crippen molar-refractivity contribution in [2.75, 3.05) is 24.5 Å². The van der Waals surface area contributed by atoms with E-state index in [1.165, 1.54) is 0 Å². The minimum atomic E-state index is -3.38. The van der Waals surface area contributed by atoms with E-state index in [1.54, 1.807) is 12.1 Å². The Morgan fingerprint density at radius 1 is 1.29 bits per heavy atom. The van der Waals surface area contributed by atoms with Crippen molar-refractivity contribution < 1.29 is 8.42 Å². The van der Waals surface area contributed by atoms with Gasteiger partial charge in [-0.1, -0.05) is 13.8 Å². The molecule has 1 fully saturated rings. The molecule has 2 unspecified atom stereocenters. The lowest BCUT2D eigenvalue weighted by Crippen LogP contribution is -2.46. The highest BCUT2D eigenvalue weighted by atomic mass is 32.2. The third kappa shape index (κ3) is 4.18. The topological polar surface area (TPSA) is 75.4 Å². The number of hydrogen-bond acceptors (Lipinski definition) is 4. The first-order chi connectivity index (χ1) is 9.92. The van der Waals surface area contributed by atoms with Gasteiger partial charge in [0.1, 0.15) is 0 Å². The standard InChI is InChI=1S/C15H25N3O2S/c1-3-8-17-21(19,20)15-6-4-14(5-7-15)18-10-12(2)9-13(16)11-18/h4-7,12-13,17H,3,8-11,16H2,1-2H3. The van der Waals surface area contributed by atoms with Crippen LogP contribution < -0.4 is 15.4 Å². The monoisotopic (exact) mass is 311 g/mol. The molecule has 0 aliphatic carbocycles. The number of sulfonamides is 1. The van der Waals surface area contributed by atoms with Gasteiger partial charge in [0.05, 0.1) is 4.90 Å². The summed E-state index contributed by atoms with van der Waals surface area (Å²) in [4.78, 5) is 2.54. The van der Waals surface area contributed by atoms with Gasteiger partial charge < -0.3 is 10.6 Å². The molecule has 1 heterocycles. The maximum absolute atomic E-state index is 12.0. The van der Waals surface area contributed by atoms with Crippen molar-refractivity contribution in [2.24, 2.45) is 11.7 Å². The molecule has 1 saturated heterocycles. The highest BCUT2D eigenvalue weighted by molar-refractivity contribution is 7.89. The van der Waals surface area contributed by atoms with Crippen LogP contribution in [0.3, 0.4) is 0 Å². The molecule has 2 rings (SSSR count). The molecule has 5 nitrogen and oxygen atoms in total. The second kappa shape index (κ2) is 6.77. The first kappa shape index (κ1) is 16.3. The fourth-order valence-corrected chi connectivity index (χ4v) is 3.90. The van der Waals surface area contributed by atoms with Crippen LogP contribution in [0.15, 0.2) is 29.2 Å². The highest BCUT2D eigenvalue weighted by Crippen LogP contribution is 2.23. The van der Waals surface area contributed by atoms with Crippen LogP contribution in [0.2, 0.25) is 0 Å². The zero-order valence-electron chi connectivity index (χ0n) is 12.7. The number of hydrogen-bond donors (Lipinski definition) is 2. The number of anilines is 1. The van der Waals surface area contributed by atoms with Crippen LogP contribution in [0.1, 0.15) is 26.7 Å². The number of nitrogens with two attached hydrogens (primary N) is 1. The minimum Gasteiger partial charge on any atom is -0.370 e. The predicted octanol–water partition coefficient (Wildman–Crippen LogP) is 1.55. The summed E-state index contributed by atoms with van der Waals surface area (Å²) < 4.78 is 26.7. The van der Waals surface area contributed by atoms with Gasteiger partial charge in [-0.25, -0.2) is 13.1 Å². The number of nitrogens with one attached hydrogen (secondary N) is 1. The van der Waals surface area contributed by atoms with Crippen molar-refractivity contribution in [2.45, 2.75) is 37.6 Å². The Balaban J connectivity index is 2.12. The molecule has 0 saturated carbocycles. The number of piperidine rings is 1. The fourth-order valence-electron chi connectivity index (χ4n) is 2.77. The van der Waals surface area contributed by atoms with E-state index in [1.807, 2.05) is 19.1 Å². The van der Waals surface area contributed by atoms with Crippen molar-refractivity contribution in [1.29, 1.82) is 0 Å². The molecular formula is C15H25N3O2S. The average molecular weight is 311 g/mol. The third-order valence-electron chi connectivity index (χ3n) is 3.75. The van der Waals surface area contributed by atoms with Crippen LogP contribution in [0.5, 0.6) is 0 Å².